The van der Waals surface area contributed by atoms with Crippen molar-refractivity contribution >= 4 is 0 Å². The van der Waals surface area contributed by atoms with Crippen molar-refractivity contribution in [3.05, 3.63) is 48.7 Å². The van der Waals surface area contributed by atoms with Crippen molar-refractivity contribution in [2.45, 2.75) is 0 Å². The molecule has 0 saturated carbocycles. The lowest BCUT2D eigenvalue weighted by molar-refractivity contribution is 0.614. The van der Waals surface area contributed by atoms with Crippen molar-refractivity contribution in [2.24, 2.45) is 0 Å². The van der Waals surface area contributed by atoms with Crippen LogP contribution in [-0.2, 0) is 0 Å². The molecule has 2 heteroatoms. The molecule has 2 heterocycles. The van der Waals surface area contributed by atoms with E-state index in [1.165, 1.54) is 0 Å². The molecule has 0 spiro atoms. The maximum atomic E-state index is 2.99. The molecule has 2 rings (SSSR count). The summed E-state index contributed by atoms with van der Waals surface area (Å²) < 4.78 is 0. The van der Waals surface area contributed by atoms with Crippen molar-refractivity contribution in [3.8, 4) is 0 Å². The van der Waals surface area contributed by atoms with Gasteiger partial charge in [-0.2, -0.15) is 0 Å². The molecule has 0 aromatic heterocycles. The summed E-state index contributed by atoms with van der Waals surface area (Å²) in [7, 11) is 0. The molecule has 0 aromatic rings. The van der Waals surface area contributed by atoms with Crippen LogP contribution in [0, 0.1) is 6.20 Å². The maximum absolute atomic E-state index is 2.99. The Morgan fingerprint density at radius 1 is 1.30 bits per heavy atom. The molecule has 2 nitrogen and oxygen atoms in total. The molecule has 0 saturated heterocycles. The topological polar surface area (TPSA) is 15.3 Å². The molecule has 0 atom stereocenters. The van der Waals surface area contributed by atoms with Gasteiger partial charge in [-0.15, -0.1) is 0 Å². The van der Waals surface area contributed by atoms with Gasteiger partial charge in [-0.1, -0.05) is 6.08 Å². The van der Waals surface area contributed by atoms with Crippen LogP contribution in [-0.4, -0.2) is 4.90 Å². The molecule has 0 aliphatic carbocycles. The summed E-state index contributed by atoms with van der Waals surface area (Å²) >= 11 is 0. The average Bonchev–Trinajstić information content (AvgIpc) is 2.05. The van der Waals surface area contributed by atoms with E-state index in [9.17, 15) is 0 Å². The normalized spacial score (nSPS) is 20.0. The van der Waals surface area contributed by atoms with Crippen molar-refractivity contribution in [3.63, 3.8) is 0 Å². The van der Waals surface area contributed by atoms with Gasteiger partial charge in [0, 0.05) is 18.6 Å². The Morgan fingerprint density at radius 2 is 2.30 bits per heavy atom. The molecule has 1 radical (unpaired) electrons. The van der Waals surface area contributed by atoms with Crippen LogP contribution in [0.5, 0.6) is 0 Å². The van der Waals surface area contributed by atoms with Crippen molar-refractivity contribution in [1.82, 2.24) is 10.2 Å². The van der Waals surface area contributed by atoms with Crippen LogP contribution in [0.2, 0.25) is 0 Å². The molecule has 0 amide bonds. The minimum Gasteiger partial charge on any atom is -0.357 e. The summed E-state index contributed by atoms with van der Waals surface area (Å²) in [6, 6.07) is 0. The van der Waals surface area contributed by atoms with Gasteiger partial charge in [-0.05, 0) is 12.2 Å². The highest BCUT2D eigenvalue weighted by Crippen LogP contribution is 2.12. The van der Waals surface area contributed by atoms with E-state index in [0.717, 1.165) is 5.70 Å². The Hall–Kier alpha value is -1.44. The monoisotopic (exact) mass is 131 g/mol. The zero-order valence-electron chi connectivity index (χ0n) is 5.41. The molecule has 10 heavy (non-hydrogen) atoms. The van der Waals surface area contributed by atoms with E-state index in [0.29, 0.717) is 0 Å². The third-order valence-electron chi connectivity index (χ3n) is 1.41. The van der Waals surface area contributed by atoms with E-state index in [1.54, 1.807) is 0 Å². The first-order chi connectivity index (χ1) is 4.97. The maximum Gasteiger partial charge on any atom is 0.0885 e. The minimum absolute atomic E-state index is 1.05. The minimum atomic E-state index is 1.05. The molecule has 49 valence electrons. The lowest BCUT2D eigenvalue weighted by atomic mass is 10.3. The third kappa shape index (κ3) is 0.739. The molecule has 0 unspecified atom stereocenters. The Bertz CT molecular complexity index is 246. The first-order valence-electron chi connectivity index (χ1n) is 3.15. The summed E-state index contributed by atoms with van der Waals surface area (Å²) in [4.78, 5) is 2.00. The van der Waals surface area contributed by atoms with Gasteiger partial charge in [0.2, 0.25) is 0 Å². The zero-order chi connectivity index (χ0) is 6.81. The highest BCUT2D eigenvalue weighted by Gasteiger charge is 2.04. The van der Waals surface area contributed by atoms with Gasteiger partial charge >= 0.3 is 0 Å². The second-order valence-corrected chi connectivity index (χ2v) is 2.08. The van der Waals surface area contributed by atoms with Crippen molar-refractivity contribution < 1.29 is 0 Å². The summed E-state index contributed by atoms with van der Waals surface area (Å²) in [5.41, 5.74) is 1.05. The Balaban J connectivity index is 2.33. The van der Waals surface area contributed by atoms with Crippen LogP contribution in [0.25, 0.3) is 0 Å². The highest BCUT2D eigenvalue weighted by molar-refractivity contribution is 5.29. The third-order valence-corrected chi connectivity index (χ3v) is 1.41. The Kier molecular flexibility index (Phi) is 1.10. The van der Waals surface area contributed by atoms with Crippen molar-refractivity contribution in [1.29, 1.82) is 0 Å². The zero-order valence-corrected chi connectivity index (χ0v) is 5.41. The molecule has 0 bridgehead atoms. The van der Waals surface area contributed by atoms with Gasteiger partial charge in [0.1, 0.15) is 0 Å². The van der Waals surface area contributed by atoms with Gasteiger partial charge in [-0.25, -0.2) is 0 Å². The number of fused-ring (bicyclic) bond motifs is 1. The number of hydrogen-bond donors (Lipinski definition) is 1. The SMILES string of the molecule is [C]1=C2C=CC=CN2C=CN1. The Labute approximate surface area is 59.8 Å². The van der Waals surface area contributed by atoms with E-state index in [1.807, 2.05) is 41.7 Å². The quantitative estimate of drug-likeness (QED) is 0.529. The first kappa shape index (κ1) is 5.35. The van der Waals surface area contributed by atoms with Crippen LogP contribution >= 0.6 is 0 Å². The van der Waals surface area contributed by atoms with E-state index in [4.69, 9.17) is 0 Å². The number of allylic oxidation sites excluding steroid dienone is 3. The lowest BCUT2D eigenvalue weighted by Gasteiger charge is -2.21. The fraction of sp³-hybridized carbons (Fsp3) is 0. The molecule has 0 aromatic carbocycles. The van der Waals surface area contributed by atoms with Crippen LogP contribution in [0.3, 0.4) is 0 Å². The van der Waals surface area contributed by atoms with Gasteiger partial charge in [-0.3, -0.25) is 0 Å². The first-order valence-corrected chi connectivity index (χ1v) is 3.15. The fourth-order valence-electron chi connectivity index (χ4n) is 0.925. The summed E-state index contributed by atoms with van der Waals surface area (Å²) in [5, 5.41) is 2.89. The average molecular weight is 131 g/mol. The molecule has 1 N–H and O–H groups in total. The highest BCUT2D eigenvalue weighted by atomic mass is 15.1. The van der Waals surface area contributed by atoms with E-state index >= 15 is 0 Å². The summed E-state index contributed by atoms with van der Waals surface area (Å²) in [6.07, 6.45) is 14.7. The largest absolute Gasteiger partial charge is 0.357 e. The predicted octanol–water partition coefficient (Wildman–Crippen LogP) is 1.09. The molecule has 2 aliphatic rings. The molecular weight excluding hydrogens is 124 g/mol. The number of nitrogens with one attached hydrogen (secondary N) is 1. The fourth-order valence-corrected chi connectivity index (χ4v) is 0.925. The predicted molar refractivity (Wildman–Crippen MR) is 39.2 cm³/mol. The van der Waals surface area contributed by atoms with E-state index < -0.39 is 0 Å². The van der Waals surface area contributed by atoms with Crippen LogP contribution in [0.4, 0.5) is 0 Å². The molecule has 2 aliphatic heterocycles. The Morgan fingerprint density at radius 3 is 3.20 bits per heavy atom. The summed E-state index contributed by atoms with van der Waals surface area (Å²) in [5.74, 6) is 0. The van der Waals surface area contributed by atoms with Gasteiger partial charge in [0.25, 0.3) is 0 Å². The van der Waals surface area contributed by atoms with Crippen LogP contribution in [0.15, 0.2) is 42.5 Å². The molecule has 0 fully saturated rings. The lowest BCUT2D eigenvalue weighted by Crippen LogP contribution is -2.17. The van der Waals surface area contributed by atoms with E-state index in [-0.39, 0.29) is 0 Å². The van der Waals surface area contributed by atoms with Crippen LogP contribution in [0.1, 0.15) is 0 Å². The smallest absolute Gasteiger partial charge is 0.0885 e. The van der Waals surface area contributed by atoms with Gasteiger partial charge in [0.15, 0.2) is 0 Å². The second kappa shape index (κ2) is 2.06. The number of nitrogens with zero attached hydrogens (tertiary/aromatic N) is 1. The standard InChI is InChI=1S/C8H7N2/c1-2-5-10-6-4-9-7-8(10)3-1/h1-6,9H. The van der Waals surface area contributed by atoms with Crippen LogP contribution < -0.4 is 5.32 Å². The van der Waals surface area contributed by atoms with E-state index in [2.05, 4.69) is 11.5 Å². The number of rotatable bonds is 0. The van der Waals surface area contributed by atoms with Gasteiger partial charge < -0.3 is 10.2 Å². The van der Waals surface area contributed by atoms with Gasteiger partial charge in [0.05, 0.1) is 11.9 Å². The second-order valence-electron chi connectivity index (χ2n) is 2.08. The van der Waals surface area contributed by atoms with Crippen molar-refractivity contribution in [2.75, 3.05) is 0 Å². The molecular formula is C8H7N2. The number of hydrogen-bond acceptors (Lipinski definition) is 2. The summed E-state index contributed by atoms with van der Waals surface area (Å²) in [6.45, 7) is 0.